The molecule has 1 fully saturated rings. The molecule has 2 atom stereocenters. The molecule has 1 saturated heterocycles. The van der Waals surface area contributed by atoms with E-state index in [-0.39, 0.29) is 6.10 Å². The Labute approximate surface area is 210 Å². The topological polar surface area (TPSA) is 43.8 Å². The number of hydrogen-bond acceptors (Lipinski definition) is 5. The molecule has 178 valence electrons. The van der Waals surface area contributed by atoms with Crippen molar-refractivity contribution in [2.75, 3.05) is 27.3 Å². The zero-order valence-electron chi connectivity index (χ0n) is 19.4. The molecule has 3 heterocycles. The third-order valence-electron chi connectivity index (χ3n) is 6.86. The third-order valence-corrected chi connectivity index (χ3v) is 7.30. The van der Waals surface area contributed by atoms with Gasteiger partial charge in [-0.3, -0.25) is 9.88 Å². The molecular formula is C27H28Cl2N2O3. The van der Waals surface area contributed by atoms with Gasteiger partial charge in [0.25, 0.3) is 0 Å². The van der Waals surface area contributed by atoms with Crippen molar-refractivity contribution in [3.05, 3.63) is 87.2 Å². The Hall–Kier alpha value is -2.31. The number of rotatable bonds is 5. The molecular weight excluding hydrogens is 471 g/mol. The molecule has 0 bridgehead atoms. The molecule has 5 rings (SSSR count). The number of nitrogens with zero attached hydrogens (tertiary/aromatic N) is 2. The first-order valence-corrected chi connectivity index (χ1v) is 12.3. The molecule has 2 aliphatic heterocycles. The van der Waals surface area contributed by atoms with Gasteiger partial charge >= 0.3 is 0 Å². The average molecular weight is 499 g/mol. The zero-order chi connectivity index (χ0) is 23.7. The quantitative estimate of drug-likeness (QED) is 0.406. The van der Waals surface area contributed by atoms with Crippen LogP contribution in [-0.2, 0) is 16.9 Å². The Balaban J connectivity index is 1.39. The lowest BCUT2D eigenvalue weighted by Crippen LogP contribution is -2.30. The van der Waals surface area contributed by atoms with E-state index in [4.69, 9.17) is 42.4 Å². The molecule has 7 heteroatoms. The first-order valence-electron chi connectivity index (χ1n) is 11.5. The van der Waals surface area contributed by atoms with Crippen molar-refractivity contribution >= 4 is 23.2 Å². The van der Waals surface area contributed by atoms with Crippen LogP contribution in [0.25, 0.3) is 0 Å². The van der Waals surface area contributed by atoms with Gasteiger partial charge in [0.05, 0.1) is 19.9 Å². The van der Waals surface area contributed by atoms with E-state index in [9.17, 15) is 0 Å². The van der Waals surface area contributed by atoms with Gasteiger partial charge in [0, 0.05) is 46.5 Å². The van der Waals surface area contributed by atoms with Gasteiger partial charge in [0.2, 0.25) is 0 Å². The van der Waals surface area contributed by atoms with E-state index in [1.165, 1.54) is 0 Å². The van der Waals surface area contributed by atoms with Crippen molar-refractivity contribution in [2.24, 2.45) is 0 Å². The SMILES string of the molecule is COc1ccc(CN2CCCC3(CC2)OC(c2cc(Cl)cc(Cl)c2)c2cccnc23)c(OC)c1. The minimum absolute atomic E-state index is 0.229. The van der Waals surface area contributed by atoms with Crippen molar-refractivity contribution in [1.82, 2.24) is 9.88 Å². The van der Waals surface area contributed by atoms with Crippen LogP contribution in [0.3, 0.4) is 0 Å². The number of benzene rings is 2. The second-order valence-electron chi connectivity index (χ2n) is 8.94. The van der Waals surface area contributed by atoms with E-state index in [0.717, 1.165) is 72.8 Å². The smallest absolute Gasteiger partial charge is 0.127 e. The van der Waals surface area contributed by atoms with E-state index < -0.39 is 5.60 Å². The largest absolute Gasteiger partial charge is 0.497 e. The number of likely N-dealkylation sites (tertiary alicyclic amines) is 1. The number of hydrogen-bond donors (Lipinski definition) is 0. The van der Waals surface area contributed by atoms with Gasteiger partial charge in [-0.15, -0.1) is 0 Å². The number of ether oxygens (including phenoxy) is 3. The van der Waals surface area contributed by atoms with Crippen LogP contribution in [0.15, 0.2) is 54.7 Å². The number of pyridine rings is 1. The van der Waals surface area contributed by atoms with Gasteiger partial charge < -0.3 is 14.2 Å². The van der Waals surface area contributed by atoms with Crippen molar-refractivity contribution in [2.45, 2.75) is 37.5 Å². The number of methoxy groups -OCH3 is 2. The average Bonchev–Trinajstić information content (AvgIpc) is 3.02. The third kappa shape index (κ3) is 4.50. The Morgan fingerprint density at radius 3 is 2.62 bits per heavy atom. The maximum atomic E-state index is 6.86. The van der Waals surface area contributed by atoms with Crippen LogP contribution in [-0.4, -0.2) is 37.2 Å². The summed E-state index contributed by atoms with van der Waals surface area (Å²) >= 11 is 12.6. The van der Waals surface area contributed by atoms with E-state index in [1.807, 2.05) is 36.5 Å². The number of aromatic nitrogens is 1. The summed E-state index contributed by atoms with van der Waals surface area (Å²) in [6.07, 6.45) is 4.42. The molecule has 1 spiro atoms. The van der Waals surface area contributed by atoms with E-state index >= 15 is 0 Å². The minimum atomic E-state index is -0.422. The summed E-state index contributed by atoms with van der Waals surface area (Å²) in [7, 11) is 3.37. The molecule has 0 saturated carbocycles. The lowest BCUT2D eigenvalue weighted by Gasteiger charge is -2.29. The van der Waals surface area contributed by atoms with Gasteiger partial charge in [0.15, 0.2) is 0 Å². The highest BCUT2D eigenvalue weighted by Gasteiger charge is 2.47. The van der Waals surface area contributed by atoms with Gasteiger partial charge in [-0.05, 0) is 61.7 Å². The summed E-state index contributed by atoms with van der Waals surface area (Å²) in [5.41, 5.74) is 3.84. The van der Waals surface area contributed by atoms with Crippen LogP contribution in [0.2, 0.25) is 10.0 Å². The highest BCUT2D eigenvalue weighted by atomic mass is 35.5. The molecule has 1 aromatic heterocycles. The van der Waals surface area contributed by atoms with Crippen LogP contribution >= 0.6 is 23.2 Å². The lowest BCUT2D eigenvalue weighted by molar-refractivity contribution is -0.0726. The number of halogens is 2. The van der Waals surface area contributed by atoms with Crippen molar-refractivity contribution < 1.29 is 14.2 Å². The predicted molar refractivity (Wildman–Crippen MR) is 134 cm³/mol. The second kappa shape index (κ2) is 9.74. The first kappa shape index (κ1) is 23.4. The maximum absolute atomic E-state index is 6.86. The first-order chi connectivity index (χ1) is 16.5. The summed E-state index contributed by atoms with van der Waals surface area (Å²) in [5.74, 6) is 1.64. The molecule has 0 radical (unpaired) electrons. The predicted octanol–water partition coefficient (Wildman–Crippen LogP) is 6.41. The highest BCUT2D eigenvalue weighted by molar-refractivity contribution is 6.34. The highest BCUT2D eigenvalue weighted by Crippen LogP contribution is 2.51. The summed E-state index contributed by atoms with van der Waals surface area (Å²) in [6.45, 7) is 2.69. The molecule has 2 aromatic carbocycles. The Morgan fingerprint density at radius 1 is 1.03 bits per heavy atom. The van der Waals surface area contributed by atoms with E-state index in [1.54, 1.807) is 20.3 Å². The number of fused-ring (bicyclic) bond motifs is 2. The van der Waals surface area contributed by atoms with Crippen molar-refractivity contribution in [1.29, 1.82) is 0 Å². The summed E-state index contributed by atoms with van der Waals surface area (Å²) in [6, 6.07) is 15.7. The molecule has 2 aliphatic rings. The Morgan fingerprint density at radius 2 is 1.85 bits per heavy atom. The van der Waals surface area contributed by atoms with Crippen molar-refractivity contribution in [3.8, 4) is 11.5 Å². The monoisotopic (exact) mass is 498 g/mol. The van der Waals surface area contributed by atoms with Crippen LogP contribution in [0.5, 0.6) is 11.5 Å². The molecule has 3 aromatic rings. The molecule has 0 N–H and O–H groups in total. The van der Waals surface area contributed by atoms with E-state index in [0.29, 0.717) is 10.0 Å². The maximum Gasteiger partial charge on any atom is 0.127 e. The fourth-order valence-electron chi connectivity index (χ4n) is 5.23. The van der Waals surface area contributed by atoms with Gasteiger partial charge in [-0.25, -0.2) is 0 Å². The lowest BCUT2D eigenvalue weighted by atomic mass is 9.89. The molecule has 5 nitrogen and oxygen atoms in total. The molecule has 0 aliphatic carbocycles. The van der Waals surface area contributed by atoms with Crippen LogP contribution in [0, 0.1) is 0 Å². The second-order valence-corrected chi connectivity index (χ2v) is 9.82. The van der Waals surface area contributed by atoms with Crippen LogP contribution in [0.1, 0.15) is 47.8 Å². The van der Waals surface area contributed by atoms with Crippen molar-refractivity contribution in [3.63, 3.8) is 0 Å². The summed E-state index contributed by atoms with van der Waals surface area (Å²) < 4.78 is 17.8. The van der Waals surface area contributed by atoms with E-state index in [2.05, 4.69) is 17.0 Å². The summed E-state index contributed by atoms with van der Waals surface area (Å²) in [5, 5.41) is 1.22. The molecule has 2 unspecified atom stereocenters. The van der Waals surface area contributed by atoms with Crippen LogP contribution in [0.4, 0.5) is 0 Å². The van der Waals surface area contributed by atoms with Gasteiger partial charge in [-0.1, -0.05) is 35.3 Å². The van der Waals surface area contributed by atoms with Gasteiger partial charge in [0.1, 0.15) is 23.2 Å². The summed E-state index contributed by atoms with van der Waals surface area (Å²) in [4.78, 5) is 7.28. The standard InChI is InChI=1S/C27H28Cl2N2O3/c1-32-22-7-6-18(24(16-22)33-2)17-31-11-4-8-27(9-12-31)26-23(5-3-10-30-26)25(34-27)19-13-20(28)15-21(29)14-19/h3,5-7,10,13-16,25H,4,8-9,11-12,17H2,1-2H3. The normalized spacial score (nSPS) is 22.4. The Bertz CT molecular complexity index is 1170. The molecule has 0 amide bonds. The molecule has 34 heavy (non-hydrogen) atoms. The van der Waals surface area contributed by atoms with Crippen LogP contribution < -0.4 is 9.47 Å². The zero-order valence-corrected chi connectivity index (χ0v) is 20.9. The Kier molecular flexibility index (Phi) is 6.72. The minimum Gasteiger partial charge on any atom is -0.497 e. The fraction of sp³-hybridized carbons (Fsp3) is 0.370. The van der Waals surface area contributed by atoms with Gasteiger partial charge in [-0.2, -0.15) is 0 Å². The fourth-order valence-corrected chi connectivity index (χ4v) is 5.77.